The van der Waals surface area contributed by atoms with Crippen molar-refractivity contribution in [1.82, 2.24) is 15.0 Å². The maximum Gasteiger partial charge on any atom is 0.215 e. The third-order valence-corrected chi connectivity index (χ3v) is 2.87. The molecule has 0 aliphatic heterocycles. The normalized spacial score (nSPS) is 11.0. The molecule has 2 aromatic rings. The highest BCUT2D eigenvalue weighted by Crippen LogP contribution is 2.18. The Morgan fingerprint density at radius 3 is 2.78 bits per heavy atom. The van der Waals surface area contributed by atoms with Gasteiger partial charge in [0.05, 0.1) is 18.9 Å². The molecule has 0 unspecified atom stereocenters. The quantitative estimate of drug-likeness (QED) is 0.470. The molecule has 1 heterocycles. The molecule has 92 valence electrons. The second-order valence-electron chi connectivity index (χ2n) is 3.54. The summed E-state index contributed by atoms with van der Waals surface area (Å²) in [4.78, 5) is 12.5. The fraction of sp³-hybridized carbons (Fsp3) is 0.0833. The van der Waals surface area contributed by atoms with Gasteiger partial charge in [0, 0.05) is 27.6 Å². The highest BCUT2D eigenvalue weighted by Gasteiger charge is 2.03. The molecule has 0 aliphatic rings. The number of allylic oxidation sites excluding steroid dienone is 1. The van der Waals surface area contributed by atoms with Crippen molar-refractivity contribution in [2.24, 2.45) is 0 Å². The van der Waals surface area contributed by atoms with E-state index in [9.17, 15) is 4.79 Å². The average Bonchev–Trinajstić information content (AvgIpc) is 2.80. The second-order valence-corrected chi connectivity index (χ2v) is 5.04. The molecule has 0 saturated heterocycles. The van der Waals surface area contributed by atoms with E-state index < -0.39 is 0 Å². The molecule has 0 spiro atoms. The number of rotatable bonds is 4. The lowest BCUT2D eigenvalue weighted by atomic mass is 10.1. The molecule has 0 N–H and O–H groups in total. The van der Waals surface area contributed by atoms with Crippen LogP contribution >= 0.6 is 34.2 Å². The molecule has 0 aliphatic carbocycles. The van der Waals surface area contributed by atoms with Crippen molar-refractivity contribution in [2.45, 2.75) is 6.54 Å². The maximum absolute atomic E-state index is 11.0. The lowest BCUT2D eigenvalue weighted by Crippen LogP contribution is -2.04. The van der Waals surface area contributed by atoms with Crippen LogP contribution in [-0.2, 0) is 11.3 Å². The molecule has 0 saturated carbocycles. The van der Waals surface area contributed by atoms with Crippen LogP contribution in [0.5, 0.6) is 0 Å². The first-order chi connectivity index (χ1) is 8.65. The molecule has 0 bridgehead atoms. The van der Waals surface area contributed by atoms with Crippen LogP contribution in [0.3, 0.4) is 0 Å². The predicted octanol–water partition coefficient (Wildman–Crippen LogP) is 2.95. The van der Waals surface area contributed by atoms with Crippen molar-refractivity contribution in [3.05, 3.63) is 52.8 Å². The van der Waals surface area contributed by atoms with Crippen molar-refractivity contribution < 1.29 is 4.79 Å². The first kappa shape index (κ1) is 13.2. The van der Waals surface area contributed by atoms with Gasteiger partial charge < -0.3 is 0 Å². The predicted molar refractivity (Wildman–Crippen MR) is 78.6 cm³/mol. The van der Waals surface area contributed by atoms with Gasteiger partial charge in [0.25, 0.3) is 0 Å². The van der Waals surface area contributed by atoms with E-state index in [1.165, 1.54) is 6.08 Å². The first-order valence-corrected chi connectivity index (χ1v) is 6.61. The van der Waals surface area contributed by atoms with Crippen LogP contribution in [0, 0.1) is 0 Å². The molecule has 18 heavy (non-hydrogen) atoms. The highest BCUT2D eigenvalue weighted by atomic mass is 127. The number of hydrogen-bond acceptors (Lipinski definition) is 3. The summed E-state index contributed by atoms with van der Waals surface area (Å²) in [5.74, 6) is 0. The van der Waals surface area contributed by atoms with Gasteiger partial charge in [-0.2, -0.15) is 15.0 Å². The standard InChI is InChI=1S/C12H9ClIN3O/c13-11-3-1-9(2-4-12(14)18)10(7-11)8-17-15-5-6-16-17/h1-7H,8H2/b4-2+. The molecular weight excluding hydrogens is 365 g/mol. The second kappa shape index (κ2) is 6.10. The Balaban J connectivity index is 2.31. The fourth-order valence-corrected chi connectivity index (χ4v) is 1.88. The van der Waals surface area contributed by atoms with Gasteiger partial charge in [0.1, 0.15) is 0 Å². The van der Waals surface area contributed by atoms with Crippen LogP contribution in [0.2, 0.25) is 5.02 Å². The number of benzene rings is 1. The van der Waals surface area contributed by atoms with Crippen LogP contribution in [-0.4, -0.2) is 18.8 Å². The molecular formula is C12H9ClIN3O. The largest absolute Gasteiger partial charge is 0.283 e. The molecule has 0 atom stereocenters. The fourth-order valence-electron chi connectivity index (χ4n) is 1.51. The molecule has 1 aromatic carbocycles. The number of carbonyl (C=O) groups is 1. The van der Waals surface area contributed by atoms with Gasteiger partial charge in [-0.05, 0) is 29.3 Å². The summed E-state index contributed by atoms with van der Waals surface area (Å²) >= 11 is 7.71. The number of hydrogen-bond donors (Lipinski definition) is 0. The Bertz CT molecular complexity index is 581. The Morgan fingerprint density at radius 1 is 1.39 bits per heavy atom. The minimum Gasteiger partial charge on any atom is -0.283 e. The van der Waals surface area contributed by atoms with Crippen LogP contribution in [0.15, 0.2) is 36.7 Å². The van der Waals surface area contributed by atoms with Crippen LogP contribution in [0.1, 0.15) is 11.1 Å². The summed E-state index contributed by atoms with van der Waals surface area (Å²) in [5.41, 5.74) is 1.90. The first-order valence-electron chi connectivity index (χ1n) is 5.15. The average molecular weight is 374 g/mol. The SMILES string of the molecule is O=C(I)/C=C/c1ccc(Cl)cc1Cn1nccn1. The Labute approximate surface area is 123 Å². The van der Waals surface area contributed by atoms with Crippen molar-refractivity contribution in [2.75, 3.05) is 0 Å². The highest BCUT2D eigenvalue weighted by molar-refractivity contribution is 14.1. The molecule has 0 fully saturated rings. The monoisotopic (exact) mass is 373 g/mol. The Hall–Kier alpha value is -1.21. The van der Waals surface area contributed by atoms with Gasteiger partial charge in [-0.3, -0.25) is 4.79 Å². The van der Waals surface area contributed by atoms with Gasteiger partial charge in [-0.25, -0.2) is 0 Å². The van der Waals surface area contributed by atoms with Crippen molar-refractivity contribution in [3.63, 3.8) is 0 Å². The summed E-state index contributed by atoms with van der Waals surface area (Å²) in [6, 6.07) is 5.51. The van der Waals surface area contributed by atoms with E-state index in [0.29, 0.717) is 11.6 Å². The number of aromatic nitrogens is 3. The molecule has 0 radical (unpaired) electrons. The van der Waals surface area contributed by atoms with E-state index in [2.05, 4.69) is 10.2 Å². The van der Waals surface area contributed by atoms with E-state index in [1.807, 2.05) is 12.1 Å². The summed E-state index contributed by atoms with van der Waals surface area (Å²) in [6.45, 7) is 0.517. The van der Waals surface area contributed by atoms with Gasteiger partial charge >= 0.3 is 0 Å². The van der Waals surface area contributed by atoms with Gasteiger partial charge in [0.2, 0.25) is 3.79 Å². The lowest BCUT2D eigenvalue weighted by Gasteiger charge is -2.06. The van der Waals surface area contributed by atoms with Crippen molar-refractivity contribution in [1.29, 1.82) is 0 Å². The van der Waals surface area contributed by atoms with E-state index in [0.717, 1.165) is 11.1 Å². The zero-order valence-corrected chi connectivity index (χ0v) is 12.2. The summed E-state index contributed by atoms with van der Waals surface area (Å²) in [7, 11) is 0. The lowest BCUT2D eigenvalue weighted by molar-refractivity contribution is -0.105. The van der Waals surface area contributed by atoms with E-state index in [-0.39, 0.29) is 3.79 Å². The van der Waals surface area contributed by atoms with E-state index in [1.54, 1.807) is 51.9 Å². The van der Waals surface area contributed by atoms with Crippen molar-refractivity contribution in [3.8, 4) is 0 Å². The third-order valence-electron chi connectivity index (χ3n) is 2.28. The third kappa shape index (κ3) is 3.64. The number of halogens is 2. The zero-order valence-electron chi connectivity index (χ0n) is 9.25. The zero-order chi connectivity index (χ0) is 13.0. The summed E-state index contributed by atoms with van der Waals surface area (Å²) in [5, 5.41) is 8.74. The Morgan fingerprint density at radius 2 is 2.11 bits per heavy atom. The summed E-state index contributed by atoms with van der Waals surface area (Å²) < 4.78 is -0.0225. The minimum absolute atomic E-state index is 0.0225. The minimum atomic E-state index is -0.0225. The van der Waals surface area contributed by atoms with Crippen LogP contribution in [0.4, 0.5) is 0 Å². The van der Waals surface area contributed by atoms with Gasteiger partial charge in [-0.15, -0.1) is 0 Å². The molecule has 4 nitrogen and oxygen atoms in total. The van der Waals surface area contributed by atoms with Crippen molar-refractivity contribution >= 4 is 44.1 Å². The number of nitrogens with zero attached hydrogens (tertiary/aromatic N) is 3. The van der Waals surface area contributed by atoms with Gasteiger partial charge in [0.15, 0.2) is 0 Å². The summed E-state index contributed by atoms with van der Waals surface area (Å²) in [6.07, 6.45) is 6.52. The molecule has 6 heteroatoms. The maximum atomic E-state index is 11.0. The molecule has 0 amide bonds. The topological polar surface area (TPSA) is 47.8 Å². The molecule has 2 rings (SSSR count). The van der Waals surface area contributed by atoms with E-state index in [4.69, 9.17) is 11.6 Å². The van der Waals surface area contributed by atoms with Crippen LogP contribution in [0.25, 0.3) is 6.08 Å². The molecule has 1 aromatic heterocycles. The van der Waals surface area contributed by atoms with Gasteiger partial charge in [-0.1, -0.05) is 23.7 Å². The van der Waals surface area contributed by atoms with Crippen LogP contribution < -0.4 is 0 Å². The Kier molecular flexibility index (Phi) is 4.48. The number of carbonyl (C=O) groups excluding carboxylic acids is 1. The smallest absolute Gasteiger partial charge is 0.215 e. The van der Waals surface area contributed by atoms with E-state index >= 15 is 0 Å².